The molecule has 6 heteroatoms. The van der Waals surface area contributed by atoms with Crippen molar-refractivity contribution >= 4 is 24.8 Å². The fraction of sp³-hybridized carbons (Fsp3) is 0.647. The molecule has 3 rings (SSSR count). The van der Waals surface area contributed by atoms with Gasteiger partial charge in [0.25, 0.3) is 0 Å². The molecule has 0 aliphatic carbocycles. The Labute approximate surface area is 151 Å². The number of nitrogens with one attached hydrogen (secondary N) is 1. The number of ether oxygens (including phenoxy) is 2. The van der Waals surface area contributed by atoms with E-state index in [0.29, 0.717) is 25.2 Å². The third kappa shape index (κ3) is 5.15. The van der Waals surface area contributed by atoms with E-state index in [-0.39, 0.29) is 24.8 Å². The Morgan fingerprint density at radius 3 is 2.35 bits per heavy atom. The molecule has 0 unspecified atom stereocenters. The van der Waals surface area contributed by atoms with Crippen molar-refractivity contribution in [3.63, 3.8) is 0 Å². The Morgan fingerprint density at radius 1 is 1.04 bits per heavy atom. The number of halogens is 2. The first-order chi connectivity index (χ1) is 10.2. The average Bonchev–Trinajstić information content (AvgIpc) is 2.53. The lowest BCUT2D eigenvalue weighted by Gasteiger charge is -2.36. The zero-order valence-corrected chi connectivity index (χ0v) is 15.5. The largest absolute Gasteiger partial charge is 0.486 e. The molecule has 1 aromatic carbocycles. The van der Waals surface area contributed by atoms with Crippen LogP contribution in [0.5, 0.6) is 11.5 Å². The fourth-order valence-electron chi connectivity index (χ4n) is 3.20. The van der Waals surface area contributed by atoms with Crippen LogP contribution in [0, 0.1) is 5.92 Å². The van der Waals surface area contributed by atoms with Gasteiger partial charge in [-0.2, -0.15) is 0 Å². The van der Waals surface area contributed by atoms with E-state index >= 15 is 0 Å². The highest BCUT2D eigenvalue weighted by molar-refractivity contribution is 5.85. The van der Waals surface area contributed by atoms with Crippen LogP contribution in [-0.4, -0.2) is 44.3 Å². The van der Waals surface area contributed by atoms with Gasteiger partial charge in [0.05, 0.1) is 0 Å². The first-order valence-electron chi connectivity index (χ1n) is 8.08. The van der Waals surface area contributed by atoms with Crippen LogP contribution in [0.25, 0.3) is 0 Å². The van der Waals surface area contributed by atoms with E-state index in [4.69, 9.17) is 9.47 Å². The molecule has 1 atom stereocenters. The van der Waals surface area contributed by atoms with E-state index in [2.05, 4.69) is 42.3 Å². The topological polar surface area (TPSA) is 33.7 Å². The second-order valence-electron chi connectivity index (χ2n) is 6.33. The van der Waals surface area contributed by atoms with Crippen molar-refractivity contribution in [2.24, 2.45) is 5.92 Å². The number of benzene rings is 1. The summed E-state index contributed by atoms with van der Waals surface area (Å²) in [5.74, 6) is 2.47. The quantitative estimate of drug-likeness (QED) is 0.890. The lowest BCUT2D eigenvalue weighted by molar-refractivity contribution is 0.151. The zero-order chi connectivity index (χ0) is 14.7. The molecule has 1 N–H and O–H groups in total. The van der Waals surface area contributed by atoms with E-state index < -0.39 is 0 Å². The van der Waals surface area contributed by atoms with E-state index in [0.717, 1.165) is 37.7 Å². The Bertz CT molecular complexity index is 480. The highest BCUT2D eigenvalue weighted by Crippen LogP contribution is 2.36. The molecule has 2 heterocycles. The van der Waals surface area contributed by atoms with Crippen LogP contribution in [0.1, 0.15) is 31.9 Å². The van der Waals surface area contributed by atoms with Gasteiger partial charge in [-0.3, -0.25) is 4.90 Å². The molecule has 23 heavy (non-hydrogen) atoms. The highest BCUT2D eigenvalue weighted by atomic mass is 35.5. The molecule has 1 aromatic rings. The van der Waals surface area contributed by atoms with E-state index in [1.54, 1.807) is 0 Å². The van der Waals surface area contributed by atoms with Crippen LogP contribution in [0.15, 0.2) is 18.2 Å². The van der Waals surface area contributed by atoms with Crippen LogP contribution in [0.3, 0.4) is 0 Å². The summed E-state index contributed by atoms with van der Waals surface area (Å²) < 4.78 is 11.4. The van der Waals surface area contributed by atoms with Gasteiger partial charge in [0, 0.05) is 32.2 Å². The summed E-state index contributed by atoms with van der Waals surface area (Å²) in [6, 6.07) is 6.94. The van der Waals surface area contributed by atoms with Gasteiger partial charge in [-0.25, -0.2) is 0 Å². The zero-order valence-electron chi connectivity index (χ0n) is 13.9. The first-order valence-corrected chi connectivity index (χ1v) is 8.08. The fourth-order valence-corrected chi connectivity index (χ4v) is 3.20. The molecule has 132 valence electrons. The molecule has 0 saturated carbocycles. The molecule has 2 aliphatic rings. The standard InChI is InChI=1S/C17H26N2O2.2ClH/c1-13(2)11-15(19-7-5-18-6-8-19)14-3-4-16-17(12-14)21-10-9-20-16;;/h3-4,12-13,15,18H,5-11H2,1-2H3;2*1H/t15-;;/m1../s1. The number of nitrogens with zero attached hydrogens (tertiary/aromatic N) is 1. The number of piperazine rings is 1. The van der Waals surface area contributed by atoms with Crippen molar-refractivity contribution < 1.29 is 9.47 Å². The molecule has 0 bridgehead atoms. The maximum absolute atomic E-state index is 5.75. The third-order valence-electron chi connectivity index (χ3n) is 4.24. The Kier molecular flexibility index (Phi) is 8.48. The number of hydrogen-bond donors (Lipinski definition) is 1. The molecule has 0 radical (unpaired) electrons. The van der Waals surface area contributed by atoms with Crippen molar-refractivity contribution in [2.75, 3.05) is 39.4 Å². The summed E-state index contributed by atoms with van der Waals surface area (Å²) in [7, 11) is 0. The molecule has 4 nitrogen and oxygen atoms in total. The summed E-state index contributed by atoms with van der Waals surface area (Å²) in [5.41, 5.74) is 1.36. The molecule has 2 aliphatic heterocycles. The van der Waals surface area contributed by atoms with Crippen molar-refractivity contribution in [1.29, 1.82) is 0 Å². The minimum atomic E-state index is 0. The van der Waals surface area contributed by atoms with Gasteiger partial charge in [0.1, 0.15) is 13.2 Å². The van der Waals surface area contributed by atoms with Gasteiger partial charge >= 0.3 is 0 Å². The van der Waals surface area contributed by atoms with Crippen molar-refractivity contribution in [2.45, 2.75) is 26.3 Å². The highest BCUT2D eigenvalue weighted by Gasteiger charge is 2.24. The lowest BCUT2D eigenvalue weighted by Crippen LogP contribution is -2.45. The Hall–Kier alpha value is -0.680. The minimum Gasteiger partial charge on any atom is -0.486 e. The summed E-state index contributed by atoms with van der Waals surface area (Å²) >= 11 is 0. The predicted molar refractivity (Wildman–Crippen MR) is 98.6 cm³/mol. The monoisotopic (exact) mass is 362 g/mol. The summed E-state index contributed by atoms with van der Waals surface area (Å²) in [6.07, 6.45) is 1.18. The van der Waals surface area contributed by atoms with Crippen LogP contribution in [0.2, 0.25) is 0 Å². The molecule has 0 amide bonds. The lowest BCUT2D eigenvalue weighted by atomic mass is 9.94. The van der Waals surface area contributed by atoms with Crippen LogP contribution in [-0.2, 0) is 0 Å². The van der Waals surface area contributed by atoms with Crippen LogP contribution < -0.4 is 14.8 Å². The first kappa shape index (κ1) is 20.4. The molecular weight excluding hydrogens is 335 g/mol. The Morgan fingerprint density at radius 2 is 1.70 bits per heavy atom. The van der Waals surface area contributed by atoms with Gasteiger partial charge in [-0.1, -0.05) is 19.9 Å². The van der Waals surface area contributed by atoms with Crippen molar-refractivity contribution in [3.8, 4) is 11.5 Å². The minimum absolute atomic E-state index is 0. The van der Waals surface area contributed by atoms with Gasteiger partial charge in [0.2, 0.25) is 0 Å². The molecule has 0 spiro atoms. The molecule has 1 fully saturated rings. The van der Waals surface area contributed by atoms with E-state index in [9.17, 15) is 0 Å². The van der Waals surface area contributed by atoms with Crippen LogP contribution in [0.4, 0.5) is 0 Å². The second kappa shape index (κ2) is 9.58. The summed E-state index contributed by atoms with van der Waals surface area (Å²) in [6.45, 7) is 10.3. The van der Waals surface area contributed by atoms with Crippen molar-refractivity contribution in [3.05, 3.63) is 23.8 Å². The average molecular weight is 363 g/mol. The molecular formula is C17H28Cl2N2O2. The van der Waals surface area contributed by atoms with Gasteiger partial charge in [0.15, 0.2) is 11.5 Å². The normalized spacial score (nSPS) is 18.7. The number of hydrogen-bond acceptors (Lipinski definition) is 4. The second-order valence-corrected chi connectivity index (χ2v) is 6.33. The maximum Gasteiger partial charge on any atom is 0.161 e. The predicted octanol–water partition coefficient (Wildman–Crippen LogP) is 3.29. The maximum atomic E-state index is 5.75. The Balaban J connectivity index is 0.00000132. The van der Waals surface area contributed by atoms with Gasteiger partial charge < -0.3 is 14.8 Å². The molecule has 0 aromatic heterocycles. The third-order valence-corrected chi connectivity index (χ3v) is 4.24. The van der Waals surface area contributed by atoms with Gasteiger partial charge in [-0.15, -0.1) is 24.8 Å². The SMILES string of the molecule is CC(C)C[C@H](c1ccc2c(c1)OCCO2)N1CCNCC1.Cl.Cl. The van der Waals surface area contributed by atoms with Crippen molar-refractivity contribution in [1.82, 2.24) is 10.2 Å². The number of fused-ring (bicyclic) bond motifs is 1. The summed E-state index contributed by atoms with van der Waals surface area (Å²) in [4.78, 5) is 2.60. The smallest absolute Gasteiger partial charge is 0.161 e. The van der Waals surface area contributed by atoms with Gasteiger partial charge in [-0.05, 0) is 30.0 Å². The number of rotatable bonds is 4. The van der Waals surface area contributed by atoms with E-state index in [1.165, 1.54) is 12.0 Å². The van der Waals surface area contributed by atoms with Crippen LogP contribution >= 0.6 is 24.8 Å². The summed E-state index contributed by atoms with van der Waals surface area (Å²) in [5, 5.41) is 3.44. The molecule has 1 saturated heterocycles. The van der Waals surface area contributed by atoms with E-state index in [1.807, 2.05) is 0 Å².